The number of rotatable bonds is 7. The van der Waals surface area contributed by atoms with Gasteiger partial charge >= 0.3 is 12.2 Å². The second-order valence-corrected chi connectivity index (χ2v) is 9.29. The summed E-state index contributed by atoms with van der Waals surface area (Å²) < 4.78 is 52.4. The number of anilines is 1. The molecule has 9 nitrogen and oxygen atoms in total. The maximum atomic E-state index is 12.9. The molecule has 2 aliphatic heterocycles. The Bertz CT molecular complexity index is 1220. The predicted molar refractivity (Wildman–Crippen MR) is 128 cm³/mol. The molecule has 3 aromatic rings. The van der Waals surface area contributed by atoms with E-state index >= 15 is 0 Å². The van der Waals surface area contributed by atoms with Crippen LogP contribution in [0.1, 0.15) is 22.9 Å². The Balaban J connectivity index is 1.15. The summed E-state index contributed by atoms with van der Waals surface area (Å²) in [5.41, 5.74) is 1.23. The third kappa shape index (κ3) is 5.92. The lowest BCUT2D eigenvalue weighted by atomic mass is 10.1. The smallest absolute Gasteiger partial charge is 0.371 e. The molecule has 1 aromatic heterocycles. The van der Waals surface area contributed by atoms with E-state index < -0.39 is 29.9 Å². The molecule has 2 amide bonds. The molecule has 0 saturated carbocycles. The van der Waals surface area contributed by atoms with Crippen LogP contribution in [-0.4, -0.2) is 64.4 Å². The van der Waals surface area contributed by atoms with Gasteiger partial charge in [0.2, 0.25) is 0 Å². The summed E-state index contributed by atoms with van der Waals surface area (Å²) in [7, 11) is 2.02. The SMILES string of the molecule is CN(Cc1ccccc1)Cc1cn(C2COC3C(NC(=O)Nc4cccc(C(F)(F)F)c4)COC32)nn1. The Morgan fingerprint density at radius 2 is 1.86 bits per heavy atom. The molecule has 0 aliphatic carbocycles. The number of nitrogens with one attached hydrogen (secondary N) is 2. The maximum Gasteiger partial charge on any atom is 0.416 e. The highest BCUT2D eigenvalue weighted by Gasteiger charge is 2.49. The molecule has 0 bridgehead atoms. The molecule has 2 aromatic carbocycles. The van der Waals surface area contributed by atoms with Gasteiger partial charge in [-0.3, -0.25) is 4.90 Å². The van der Waals surface area contributed by atoms with Crippen LogP contribution in [-0.2, 0) is 28.7 Å². The highest BCUT2D eigenvalue weighted by Crippen LogP contribution is 2.34. The van der Waals surface area contributed by atoms with Crippen LogP contribution in [0.5, 0.6) is 0 Å². The lowest BCUT2D eigenvalue weighted by Gasteiger charge is -2.18. The van der Waals surface area contributed by atoms with Gasteiger partial charge in [0, 0.05) is 18.8 Å². The summed E-state index contributed by atoms with van der Waals surface area (Å²) in [5.74, 6) is 0. The Hall–Kier alpha value is -3.48. The molecular formula is C25H27F3N6O3. The third-order valence-corrected chi connectivity index (χ3v) is 6.42. The minimum Gasteiger partial charge on any atom is -0.371 e. The zero-order chi connectivity index (χ0) is 26.0. The summed E-state index contributed by atoms with van der Waals surface area (Å²) in [6, 6.07) is 13.3. The molecule has 5 rings (SSSR count). The van der Waals surface area contributed by atoms with Gasteiger partial charge in [-0.25, -0.2) is 9.48 Å². The van der Waals surface area contributed by atoms with E-state index in [1.165, 1.54) is 17.7 Å². The fourth-order valence-corrected chi connectivity index (χ4v) is 4.71. The zero-order valence-corrected chi connectivity index (χ0v) is 20.1. The molecule has 2 N–H and O–H groups in total. The number of halogens is 3. The molecule has 0 radical (unpaired) electrons. The van der Waals surface area contributed by atoms with Gasteiger partial charge in [0.25, 0.3) is 0 Å². The molecule has 2 aliphatic rings. The van der Waals surface area contributed by atoms with E-state index in [-0.39, 0.29) is 24.4 Å². The van der Waals surface area contributed by atoms with E-state index in [4.69, 9.17) is 9.47 Å². The van der Waals surface area contributed by atoms with Gasteiger partial charge < -0.3 is 20.1 Å². The molecular weight excluding hydrogens is 489 g/mol. The fourth-order valence-electron chi connectivity index (χ4n) is 4.71. The Morgan fingerprint density at radius 3 is 2.65 bits per heavy atom. The van der Waals surface area contributed by atoms with Crippen LogP contribution in [0.25, 0.3) is 0 Å². The molecule has 196 valence electrons. The van der Waals surface area contributed by atoms with Crippen molar-refractivity contribution >= 4 is 11.7 Å². The minimum absolute atomic E-state index is 0.0420. The van der Waals surface area contributed by atoms with Crippen molar-refractivity contribution in [2.45, 2.75) is 43.6 Å². The molecule has 4 atom stereocenters. The number of ether oxygens (including phenoxy) is 2. The van der Waals surface area contributed by atoms with Gasteiger partial charge in [-0.15, -0.1) is 5.10 Å². The van der Waals surface area contributed by atoms with Crippen molar-refractivity contribution < 1.29 is 27.4 Å². The van der Waals surface area contributed by atoms with Crippen molar-refractivity contribution in [3.8, 4) is 0 Å². The van der Waals surface area contributed by atoms with Crippen LogP contribution < -0.4 is 10.6 Å². The maximum absolute atomic E-state index is 12.9. The first-order valence-corrected chi connectivity index (χ1v) is 11.9. The standard InChI is InChI=1S/C25H27F3N6O3/c1-33(11-16-6-3-2-4-7-16)12-19-13-34(32-31-19)21-15-37-22-20(14-36-23(21)22)30-24(35)29-18-9-5-8-17(10-18)25(26,27)28/h2-10,13,20-23H,11-12,14-15H2,1H3,(H2,29,30,35). The topological polar surface area (TPSA) is 93.5 Å². The molecule has 2 saturated heterocycles. The number of hydrogen-bond donors (Lipinski definition) is 2. The number of carbonyl (C=O) groups is 1. The Kier molecular flexibility index (Phi) is 7.13. The van der Waals surface area contributed by atoms with E-state index in [9.17, 15) is 18.0 Å². The van der Waals surface area contributed by atoms with Gasteiger partial charge in [0.15, 0.2) is 0 Å². The average molecular weight is 517 g/mol. The number of carbonyl (C=O) groups excluding carboxylic acids is 1. The van der Waals surface area contributed by atoms with Gasteiger partial charge in [-0.05, 0) is 30.8 Å². The second-order valence-electron chi connectivity index (χ2n) is 9.29. The monoisotopic (exact) mass is 516 g/mol. The van der Waals surface area contributed by atoms with Gasteiger partial charge in [-0.1, -0.05) is 41.6 Å². The number of nitrogens with zero attached hydrogens (tertiary/aromatic N) is 4. The largest absolute Gasteiger partial charge is 0.416 e. The third-order valence-electron chi connectivity index (χ3n) is 6.42. The van der Waals surface area contributed by atoms with E-state index in [0.717, 1.165) is 24.4 Å². The number of fused-ring (bicyclic) bond motifs is 1. The second kappa shape index (κ2) is 10.5. The molecule has 0 spiro atoms. The van der Waals surface area contributed by atoms with Crippen LogP contribution in [0.2, 0.25) is 0 Å². The fraction of sp³-hybridized carbons (Fsp3) is 0.400. The first kappa shape index (κ1) is 25.2. The first-order chi connectivity index (χ1) is 17.8. The number of aromatic nitrogens is 3. The van der Waals surface area contributed by atoms with Crippen LogP contribution in [0.4, 0.5) is 23.7 Å². The van der Waals surface area contributed by atoms with Crippen molar-refractivity contribution in [2.24, 2.45) is 0 Å². The number of alkyl halides is 3. The lowest BCUT2D eigenvalue weighted by molar-refractivity contribution is -0.137. The Morgan fingerprint density at radius 1 is 1.08 bits per heavy atom. The van der Waals surface area contributed by atoms with Crippen molar-refractivity contribution in [2.75, 3.05) is 25.6 Å². The Labute approximate surface area is 211 Å². The van der Waals surface area contributed by atoms with E-state index in [1.807, 2.05) is 31.4 Å². The summed E-state index contributed by atoms with van der Waals surface area (Å²) in [6.07, 6.45) is -3.37. The van der Waals surface area contributed by atoms with Crippen LogP contribution in [0, 0.1) is 0 Å². The first-order valence-electron chi connectivity index (χ1n) is 11.9. The molecule has 37 heavy (non-hydrogen) atoms. The normalized spacial score (nSPS) is 23.3. The minimum atomic E-state index is -4.49. The molecule has 2 fully saturated rings. The van der Waals surface area contributed by atoms with E-state index in [0.29, 0.717) is 13.2 Å². The van der Waals surface area contributed by atoms with Crippen LogP contribution >= 0.6 is 0 Å². The molecule has 3 heterocycles. The summed E-state index contributed by atoms with van der Waals surface area (Å²) in [4.78, 5) is 14.6. The number of amides is 2. The summed E-state index contributed by atoms with van der Waals surface area (Å²) >= 11 is 0. The zero-order valence-electron chi connectivity index (χ0n) is 20.1. The van der Waals surface area contributed by atoms with E-state index in [2.05, 4.69) is 38.0 Å². The van der Waals surface area contributed by atoms with Crippen LogP contribution in [0.15, 0.2) is 60.8 Å². The highest BCUT2D eigenvalue weighted by atomic mass is 19.4. The summed E-state index contributed by atoms with van der Waals surface area (Å²) in [6.45, 7) is 1.95. The quantitative estimate of drug-likeness (QED) is 0.500. The predicted octanol–water partition coefficient (Wildman–Crippen LogP) is 3.46. The van der Waals surface area contributed by atoms with Crippen molar-refractivity contribution in [1.29, 1.82) is 0 Å². The van der Waals surface area contributed by atoms with Gasteiger partial charge in [0.1, 0.15) is 18.2 Å². The number of urea groups is 1. The van der Waals surface area contributed by atoms with Gasteiger partial charge in [0.05, 0.1) is 36.7 Å². The highest BCUT2D eigenvalue weighted by molar-refractivity contribution is 5.89. The van der Waals surface area contributed by atoms with E-state index in [1.54, 1.807) is 4.68 Å². The molecule has 4 unspecified atom stereocenters. The van der Waals surface area contributed by atoms with Crippen molar-refractivity contribution in [3.05, 3.63) is 77.6 Å². The average Bonchev–Trinajstić information content (AvgIpc) is 3.57. The summed E-state index contributed by atoms with van der Waals surface area (Å²) in [5, 5.41) is 13.8. The van der Waals surface area contributed by atoms with Crippen LogP contribution in [0.3, 0.4) is 0 Å². The number of benzene rings is 2. The number of hydrogen-bond acceptors (Lipinski definition) is 6. The van der Waals surface area contributed by atoms with Crippen molar-refractivity contribution in [1.82, 2.24) is 25.2 Å². The van der Waals surface area contributed by atoms with Gasteiger partial charge in [-0.2, -0.15) is 13.2 Å². The lowest BCUT2D eigenvalue weighted by Crippen LogP contribution is -2.45. The molecule has 12 heteroatoms. The van der Waals surface area contributed by atoms with Crippen molar-refractivity contribution in [3.63, 3.8) is 0 Å².